The summed E-state index contributed by atoms with van der Waals surface area (Å²) in [7, 11) is 8.46. The fourth-order valence-corrected chi connectivity index (χ4v) is 1.98. The molecule has 2 atom stereocenters. The Hall–Kier alpha value is -0.790. The first-order valence-corrected chi connectivity index (χ1v) is 6.47. The summed E-state index contributed by atoms with van der Waals surface area (Å²) in [6, 6.07) is 0.868. The molecule has 0 bridgehead atoms. The van der Waals surface area contributed by atoms with E-state index in [1.807, 2.05) is 0 Å². The van der Waals surface area contributed by atoms with Crippen molar-refractivity contribution < 1.29 is 0 Å². The minimum Gasteiger partial charge on any atom is -0.321 e. The maximum atomic E-state index is 8.69. The predicted molar refractivity (Wildman–Crippen MR) is 72.7 cm³/mol. The van der Waals surface area contributed by atoms with Crippen LogP contribution in [0.5, 0.6) is 0 Å². The summed E-state index contributed by atoms with van der Waals surface area (Å²) in [5, 5.41) is 11.6. The fraction of sp³-hybridized carbons (Fsp3) is 0.923. The predicted octanol–water partition coefficient (Wildman–Crippen LogP) is 1.50. The lowest BCUT2D eigenvalue weighted by Crippen LogP contribution is -2.36. The van der Waals surface area contributed by atoms with E-state index in [2.05, 4.69) is 56.4 Å². The van der Waals surface area contributed by atoms with Gasteiger partial charge in [0, 0.05) is 12.1 Å². The normalized spacial score (nSPS) is 14.7. The van der Waals surface area contributed by atoms with Crippen LogP contribution < -0.4 is 5.32 Å². The van der Waals surface area contributed by atoms with Gasteiger partial charge in [-0.15, -0.1) is 0 Å². The van der Waals surface area contributed by atoms with Crippen LogP contribution in [0.2, 0.25) is 0 Å². The van der Waals surface area contributed by atoms with Crippen molar-refractivity contribution in [2.75, 3.05) is 34.7 Å². The summed E-state index contributed by atoms with van der Waals surface area (Å²) in [4.78, 5) is 4.49. The molecular weight excluding hydrogens is 212 g/mol. The van der Waals surface area contributed by atoms with Crippen LogP contribution in [0.4, 0.5) is 0 Å². The Labute approximate surface area is 107 Å². The van der Waals surface area contributed by atoms with Gasteiger partial charge in [-0.2, -0.15) is 5.26 Å². The van der Waals surface area contributed by atoms with E-state index in [0.29, 0.717) is 12.1 Å². The molecule has 0 saturated heterocycles. The van der Waals surface area contributed by atoms with Gasteiger partial charge in [0.15, 0.2) is 6.19 Å². The molecule has 0 aliphatic carbocycles. The average molecular weight is 240 g/mol. The lowest BCUT2D eigenvalue weighted by molar-refractivity contribution is 0.231. The highest BCUT2D eigenvalue weighted by Crippen LogP contribution is 2.12. The van der Waals surface area contributed by atoms with E-state index < -0.39 is 0 Å². The largest absolute Gasteiger partial charge is 0.321 e. The molecule has 0 aliphatic rings. The van der Waals surface area contributed by atoms with Gasteiger partial charge < -0.3 is 15.1 Å². The van der Waals surface area contributed by atoms with Crippen molar-refractivity contribution >= 4 is 0 Å². The quantitative estimate of drug-likeness (QED) is 0.490. The van der Waals surface area contributed by atoms with Crippen molar-refractivity contribution in [3.8, 4) is 6.19 Å². The molecule has 0 aromatic rings. The van der Waals surface area contributed by atoms with E-state index in [4.69, 9.17) is 5.26 Å². The summed E-state index contributed by atoms with van der Waals surface area (Å²) in [5.74, 6) is 0. The van der Waals surface area contributed by atoms with Gasteiger partial charge in [0.05, 0.1) is 0 Å². The molecule has 0 fully saturated rings. The standard InChI is InChI=1S/C13H28N4/c1-6-12(15-11-14)10-13(17(4)5)8-7-9-16(2)3/h12-13,15H,6-10H2,1-5H3. The van der Waals surface area contributed by atoms with E-state index >= 15 is 0 Å². The van der Waals surface area contributed by atoms with Crippen LogP contribution in [0.15, 0.2) is 0 Å². The topological polar surface area (TPSA) is 42.3 Å². The highest BCUT2D eigenvalue weighted by Gasteiger charge is 2.16. The van der Waals surface area contributed by atoms with Crippen molar-refractivity contribution in [2.24, 2.45) is 0 Å². The summed E-state index contributed by atoms with van der Waals surface area (Å²) in [6.45, 7) is 3.26. The van der Waals surface area contributed by atoms with E-state index in [1.54, 1.807) is 0 Å². The first kappa shape index (κ1) is 16.2. The van der Waals surface area contributed by atoms with Gasteiger partial charge in [0.1, 0.15) is 0 Å². The van der Waals surface area contributed by atoms with Crippen molar-refractivity contribution in [3.63, 3.8) is 0 Å². The van der Waals surface area contributed by atoms with Crippen LogP contribution in [0.3, 0.4) is 0 Å². The van der Waals surface area contributed by atoms with Crippen molar-refractivity contribution in [2.45, 2.75) is 44.7 Å². The Balaban J connectivity index is 4.09. The Kier molecular flexibility index (Phi) is 8.83. The maximum absolute atomic E-state index is 8.69. The first-order valence-electron chi connectivity index (χ1n) is 6.47. The fourth-order valence-electron chi connectivity index (χ4n) is 1.98. The van der Waals surface area contributed by atoms with Crippen molar-refractivity contribution in [3.05, 3.63) is 0 Å². The zero-order valence-electron chi connectivity index (χ0n) is 12.0. The molecule has 0 aromatic carbocycles. The van der Waals surface area contributed by atoms with E-state index in [9.17, 15) is 0 Å². The molecule has 0 saturated carbocycles. The first-order chi connectivity index (χ1) is 8.01. The molecule has 4 heteroatoms. The monoisotopic (exact) mass is 240 g/mol. The average Bonchev–Trinajstić information content (AvgIpc) is 2.25. The molecule has 100 valence electrons. The van der Waals surface area contributed by atoms with Crippen LogP contribution in [0.25, 0.3) is 0 Å². The third kappa shape index (κ3) is 8.00. The minimum absolute atomic E-state index is 0.312. The molecule has 0 rings (SSSR count). The Bertz CT molecular complexity index is 220. The van der Waals surface area contributed by atoms with Crippen LogP contribution in [0.1, 0.15) is 32.6 Å². The highest BCUT2D eigenvalue weighted by molar-refractivity contribution is 4.80. The number of nitrogens with one attached hydrogen (secondary N) is 1. The van der Waals surface area contributed by atoms with Crippen LogP contribution in [0, 0.1) is 11.5 Å². The van der Waals surface area contributed by atoms with Crippen LogP contribution in [-0.2, 0) is 0 Å². The third-order valence-electron chi connectivity index (χ3n) is 3.19. The molecule has 1 N–H and O–H groups in total. The maximum Gasteiger partial charge on any atom is 0.176 e. The molecule has 0 aromatic heterocycles. The lowest BCUT2D eigenvalue weighted by Gasteiger charge is -2.28. The molecule has 4 nitrogen and oxygen atoms in total. The second-order valence-electron chi connectivity index (χ2n) is 5.16. The number of nitrogens with zero attached hydrogens (tertiary/aromatic N) is 3. The summed E-state index contributed by atoms with van der Waals surface area (Å²) in [5.41, 5.74) is 0. The molecule has 0 spiro atoms. The van der Waals surface area contributed by atoms with Gasteiger partial charge in [-0.05, 0) is 60.4 Å². The smallest absolute Gasteiger partial charge is 0.176 e. The molecule has 0 heterocycles. The number of nitriles is 1. The van der Waals surface area contributed by atoms with Crippen molar-refractivity contribution in [1.82, 2.24) is 15.1 Å². The van der Waals surface area contributed by atoms with Gasteiger partial charge in [-0.3, -0.25) is 0 Å². The Morgan fingerprint density at radius 1 is 1.24 bits per heavy atom. The highest BCUT2D eigenvalue weighted by atomic mass is 15.1. The van der Waals surface area contributed by atoms with Gasteiger partial charge in [0.25, 0.3) is 0 Å². The van der Waals surface area contributed by atoms with Gasteiger partial charge in [0.2, 0.25) is 0 Å². The van der Waals surface area contributed by atoms with Crippen LogP contribution in [-0.4, -0.2) is 56.6 Å². The second kappa shape index (κ2) is 9.26. The number of hydrogen-bond acceptors (Lipinski definition) is 4. The molecular formula is C13H28N4. The molecule has 2 unspecified atom stereocenters. The Morgan fingerprint density at radius 2 is 1.88 bits per heavy atom. The van der Waals surface area contributed by atoms with Gasteiger partial charge in [-0.25, -0.2) is 0 Å². The zero-order chi connectivity index (χ0) is 13.3. The number of hydrogen-bond donors (Lipinski definition) is 1. The SMILES string of the molecule is CCC(CC(CCCN(C)C)N(C)C)NC#N. The van der Waals surface area contributed by atoms with E-state index in [1.165, 1.54) is 12.8 Å². The zero-order valence-corrected chi connectivity index (χ0v) is 12.0. The minimum atomic E-state index is 0.312. The molecule has 17 heavy (non-hydrogen) atoms. The molecule has 0 radical (unpaired) electrons. The van der Waals surface area contributed by atoms with Crippen molar-refractivity contribution in [1.29, 1.82) is 5.26 Å². The summed E-state index contributed by atoms with van der Waals surface area (Å²) >= 11 is 0. The summed E-state index contributed by atoms with van der Waals surface area (Å²) < 4.78 is 0. The van der Waals surface area contributed by atoms with E-state index in [0.717, 1.165) is 19.4 Å². The van der Waals surface area contributed by atoms with Gasteiger partial charge >= 0.3 is 0 Å². The van der Waals surface area contributed by atoms with Gasteiger partial charge in [-0.1, -0.05) is 6.92 Å². The summed E-state index contributed by atoms with van der Waals surface area (Å²) in [6.07, 6.45) is 6.51. The molecule has 0 aliphatic heterocycles. The van der Waals surface area contributed by atoms with Crippen LogP contribution >= 0.6 is 0 Å². The second-order valence-corrected chi connectivity index (χ2v) is 5.16. The Morgan fingerprint density at radius 3 is 2.29 bits per heavy atom. The third-order valence-corrected chi connectivity index (χ3v) is 3.19. The number of rotatable bonds is 9. The lowest BCUT2D eigenvalue weighted by atomic mass is 10.00. The van der Waals surface area contributed by atoms with E-state index in [-0.39, 0.29) is 0 Å². The molecule has 0 amide bonds.